The molecule has 0 aliphatic heterocycles. The van der Waals surface area contributed by atoms with Gasteiger partial charge in [-0.25, -0.2) is 9.78 Å². The van der Waals surface area contributed by atoms with Crippen LogP contribution in [0.5, 0.6) is 0 Å². The Morgan fingerprint density at radius 2 is 2.00 bits per heavy atom. The predicted molar refractivity (Wildman–Crippen MR) is 78.2 cm³/mol. The van der Waals surface area contributed by atoms with Gasteiger partial charge in [-0.1, -0.05) is 6.42 Å². The van der Waals surface area contributed by atoms with Crippen molar-refractivity contribution in [3.05, 3.63) is 23.4 Å². The topological polar surface area (TPSA) is 68.3 Å². The van der Waals surface area contributed by atoms with Gasteiger partial charge in [0.15, 0.2) is 0 Å². The molecule has 0 saturated heterocycles. The molecule has 0 atom stereocenters. The van der Waals surface area contributed by atoms with Gasteiger partial charge < -0.3 is 10.1 Å². The summed E-state index contributed by atoms with van der Waals surface area (Å²) in [5.74, 6) is -2.21. The van der Waals surface area contributed by atoms with E-state index >= 15 is 0 Å². The highest BCUT2D eigenvalue weighted by atomic mass is 19.4. The highest BCUT2D eigenvalue weighted by molar-refractivity contribution is 5.94. The monoisotopic (exact) mass is 342 g/mol. The van der Waals surface area contributed by atoms with Gasteiger partial charge in [0.25, 0.3) is 0 Å². The van der Waals surface area contributed by atoms with Gasteiger partial charge >= 0.3 is 12.1 Å². The minimum atomic E-state index is -4.74. The Bertz CT molecular complexity index is 676. The van der Waals surface area contributed by atoms with Crippen LogP contribution in [0.15, 0.2) is 12.3 Å². The molecular weight excluding hydrogens is 325 g/mol. The summed E-state index contributed by atoms with van der Waals surface area (Å²) in [4.78, 5) is 27.2. The Morgan fingerprint density at radius 1 is 1.33 bits per heavy atom. The van der Waals surface area contributed by atoms with Crippen molar-refractivity contribution in [2.24, 2.45) is 11.3 Å². The molecule has 1 heterocycles. The first-order valence-electron chi connectivity index (χ1n) is 7.70. The summed E-state index contributed by atoms with van der Waals surface area (Å²) in [5, 5.41) is 2.27. The lowest BCUT2D eigenvalue weighted by Gasteiger charge is -2.53. The van der Waals surface area contributed by atoms with Crippen molar-refractivity contribution in [2.75, 3.05) is 12.4 Å². The highest BCUT2D eigenvalue weighted by Crippen LogP contribution is 2.58. The maximum absolute atomic E-state index is 13.2. The summed E-state index contributed by atoms with van der Waals surface area (Å²) in [5.41, 5.74) is -1.23. The van der Waals surface area contributed by atoms with Gasteiger partial charge in [-0.3, -0.25) is 4.79 Å². The number of ether oxygens (including phenoxy) is 1. The summed E-state index contributed by atoms with van der Waals surface area (Å²) in [7, 11) is 1.07. The summed E-state index contributed by atoms with van der Waals surface area (Å²) in [6, 6.07) is 0.642. The fourth-order valence-electron chi connectivity index (χ4n) is 3.48. The molecule has 130 valence electrons. The van der Waals surface area contributed by atoms with Crippen LogP contribution in [-0.2, 0) is 15.7 Å². The molecule has 0 unspecified atom stereocenters. The third kappa shape index (κ3) is 2.97. The minimum Gasteiger partial charge on any atom is -0.465 e. The molecule has 2 fully saturated rings. The van der Waals surface area contributed by atoms with Crippen LogP contribution in [0, 0.1) is 11.3 Å². The number of carbonyl (C=O) groups is 2. The van der Waals surface area contributed by atoms with Gasteiger partial charge in [0.2, 0.25) is 5.91 Å². The van der Waals surface area contributed by atoms with Crippen LogP contribution in [0.2, 0.25) is 0 Å². The second-order valence-corrected chi connectivity index (χ2v) is 6.56. The van der Waals surface area contributed by atoms with Crippen LogP contribution in [0.4, 0.5) is 19.0 Å². The molecule has 1 aromatic rings. The zero-order chi connectivity index (χ0) is 17.5. The highest BCUT2D eigenvalue weighted by Gasteiger charge is 2.50. The zero-order valence-electron chi connectivity index (χ0n) is 13.1. The molecule has 24 heavy (non-hydrogen) atoms. The fourth-order valence-corrected chi connectivity index (χ4v) is 3.48. The largest absolute Gasteiger partial charge is 0.465 e. The van der Waals surface area contributed by atoms with E-state index in [0.717, 1.165) is 45.4 Å². The molecule has 1 N–H and O–H groups in total. The first kappa shape index (κ1) is 16.7. The van der Waals surface area contributed by atoms with Crippen LogP contribution in [0.1, 0.15) is 48.0 Å². The van der Waals surface area contributed by atoms with Crippen molar-refractivity contribution in [1.82, 2.24) is 4.98 Å². The Hall–Kier alpha value is -2.12. The molecule has 0 aromatic carbocycles. The van der Waals surface area contributed by atoms with Crippen molar-refractivity contribution in [2.45, 2.75) is 38.3 Å². The van der Waals surface area contributed by atoms with E-state index in [1.165, 1.54) is 0 Å². The predicted octanol–water partition coefficient (Wildman–Crippen LogP) is 3.41. The molecule has 5 nitrogen and oxygen atoms in total. The standard InChI is InChI=1S/C16H17F3N2O3/c1-24-14(23)9-5-11(16(17,18)19)12(20-8-9)21-13(22)10-6-15(7-10)3-2-4-15/h5,8,10H,2-4,6-7H2,1H3,(H,20,21,22). The number of pyridine rings is 1. The maximum atomic E-state index is 13.2. The van der Waals surface area contributed by atoms with E-state index < -0.39 is 29.4 Å². The molecule has 0 radical (unpaired) electrons. The van der Waals surface area contributed by atoms with Gasteiger partial charge in [-0.15, -0.1) is 0 Å². The smallest absolute Gasteiger partial charge is 0.419 e. The minimum absolute atomic E-state index is 0.247. The number of hydrogen-bond donors (Lipinski definition) is 1. The van der Waals surface area contributed by atoms with Crippen LogP contribution in [-0.4, -0.2) is 24.0 Å². The van der Waals surface area contributed by atoms with E-state index in [4.69, 9.17) is 0 Å². The number of carbonyl (C=O) groups excluding carboxylic acids is 2. The van der Waals surface area contributed by atoms with E-state index in [-0.39, 0.29) is 16.9 Å². The molecule has 8 heteroatoms. The number of anilines is 1. The van der Waals surface area contributed by atoms with Crippen LogP contribution >= 0.6 is 0 Å². The summed E-state index contributed by atoms with van der Waals surface area (Å²) in [6.45, 7) is 0. The molecular formula is C16H17F3N2O3. The molecule has 2 saturated carbocycles. The van der Waals surface area contributed by atoms with Crippen LogP contribution in [0.25, 0.3) is 0 Å². The molecule has 1 aromatic heterocycles. The Morgan fingerprint density at radius 3 is 2.50 bits per heavy atom. The van der Waals surface area contributed by atoms with Crippen molar-refractivity contribution in [3.63, 3.8) is 0 Å². The average molecular weight is 342 g/mol. The first-order valence-corrected chi connectivity index (χ1v) is 7.70. The SMILES string of the molecule is COC(=O)c1cnc(NC(=O)C2CC3(CCC3)C2)c(C(F)(F)F)c1. The quantitative estimate of drug-likeness (QED) is 0.855. The second-order valence-electron chi connectivity index (χ2n) is 6.56. The normalized spacial score (nSPS) is 19.3. The number of hydrogen-bond acceptors (Lipinski definition) is 4. The van der Waals surface area contributed by atoms with Crippen molar-refractivity contribution >= 4 is 17.7 Å². The van der Waals surface area contributed by atoms with Crippen molar-refractivity contribution < 1.29 is 27.5 Å². The number of nitrogens with one attached hydrogen (secondary N) is 1. The molecule has 2 aliphatic rings. The molecule has 2 aliphatic carbocycles. The molecule has 3 rings (SSSR count). The number of halogens is 3. The number of amides is 1. The van der Waals surface area contributed by atoms with Gasteiger partial charge in [-0.2, -0.15) is 13.2 Å². The van der Waals surface area contributed by atoms with E-state index in [0.29, 0.717) is 6.07 Å². The first-order chi connectivity index (χ1) is 11.2. The average Bonchev–Trinajstić information content (AvgIpc) is 2.42. The summed E-state index contributed by atoms with van der Waals surface area (Å²) < 4.78 is 44.0. The lowest BCUT2D eigenvalue weighted by Crippen LogP contribution is -2.47. The second kappa shape index (κ2) is 5.75. The molecule has 1 amide bonds. The lowest BCUT2D eigenvalue weighted by atomic mass is 9.51. The third-order valence-electron chi connectivity index (χ3n) is 5.00. The Kier molecular flexibility index (Phi) is 4.01. The van der Waals surface area contributed by atoms with Gasteiger partial charge in [0.1, 0.15) is 5.82 Å². The number of aromatic nitrogens is 1. The van der Waals surface area contributed by atoms with E-state index in [1.54, 1.807) is 0 Å². The van der Waals surface area contributed by atoms with Crippen molar-refractivity contribution in [1.29, 1.82) is 0 Å². The van der Waals surface area contributed by atoms with E-state index in [2.05, 4.69) is 15.0 Å². The van der Waals surface area contributed by atoms with Crippen LogP contribution in [0.3, 0.4) is 0 Å². The fraction of sp³-hybridized carbons (Fsp3) is 0.562. The van der Waals surface area contributed by atoms with Gasteiger partial charge in [0.05, 0.1) is 18.2 Å². The third-order valence-corrected chi connectivity index (χ3v) is 5.00. The van der Waals surface area contributed by atoms with Crippen LogP contribution < -0.4 is 5.32 Å². The summed E-state index contributed by atoms with van der Waals surface area (Å²) in [6.07, 6.45) is 1.01. The Labute approximate surface area is 136 Å². The van der Waals surface area contributed by atoms with E-state index in [9.17, 15) is 22.8 Å². The zero-order valence-corrected chi connectivity index (χ0v) is 13.1. The lowest BCUT2D eigenvalue weighted by molar-refractivity contribution is -0.137. The number of rotatable bonds is 3. The van der Waals surface area contributed by atoms with Crippen molar-refractivity contribution in [3.8, 4) is 0 Å². The van der Waals surface area contributed by atoms with Gasteiger partial charge in [-0.05, 0) is 37.2 Å². The number of alkyl halides is 3. The Balaban J connectivity index is 1.77. The number of methoxy groups -OCH3 is 1. The number of nitrogens with zero attached hydrogens (tertiary/aromatic N) is 1. The summed E-state index contributed by atoms with van der Waals surface area (Å²) >= 11 is 0. The molecule has 1 spiro atoms. The molecule has 0 bridgehead atoms. The van der Waals surface area contributed by atoms with Gasteiger partial charge in [0, 0.05) is 12.1 Å². The maximum Gasteiger partial charge on any atom is 0.419 e. The number of esters is 1. The van der Waals surface area contributed by atoms with E-state index in [1.807, 2.05) is 0 Å².